The van der Waals surface area contributed by atoms with Crippen molar-refractivity contribution < 1.29 is 8.42 Å². The Bertz CT molecular complexity index is 1220. The van der Waals surface area contributed by atoms with Crippen LogP contribution in [-0.4, -0.2) is 21.2 Å². The minimum Gasteiger partial charge on any atom is -0.339 e. The molecular weight excluding hydrogens is 392 g/mol. The zero-order valence-electron chi connectivity index (χ0n) is 16.8. The Morgan fingerprint density at radius 2 is 1.37 bits per heavy atom. The molecular formula is C25H24N2O2S. The molecule has 0 radical (unpaired) electrons. The lowest BCUT2D eigenvalue weighted by Crippen LogP contribution is -2.36. The highest BCUT2D eigenvalue weighted by atomic mass is 32.2. The molecule has 4 aromatic carbocycles. The number of fused-ring (bicyclic) bond motifs is 1. The number of para-hydroxylation sites is 1. The maximum Gasteiger partial charge on any atom is 0.209 e. The van der Waals surface area contributed by atoms with Crippen LogP contribution >= 0.6 is 0 Å². The summed E-state index contributed by atoms with van der Waals surface area (Å²) in [5, 5.41) is 2.26. The van der Waals surface area contributed by atoms with Gasteiger partial charge >= 0.3 is 0 Å². The zero-order chi connectivity index (χ0) is 21.0. The molecule has 0 saturated carbocycles. The summed E-state index contributed by atoms with van der Waals surface area (Å²) in [6.07, 6.45) is 1.20. The third kappa shape index (κ3) is 4.70. The molecule has 0 spiro atoms. The third-order valence-electron chi connectivity index (χ3n) is 5.05. The summed E-state index contributed by atoms with van der Waals surface area (Å²) >= 11 is 0. The number of sulfonamides is 1. The Kier molecular flexibility index (Phi) is 5.84. The van der Waals surface area contributed by atoms with Crippen LogP contribution in [0.1, 0.15) is 11.6 Å². The van der Waals surface area contributed by atoms with Gasteiger partial charge in [-0.15, -0.1) is 0 Å². The van der Waals surface area contributed by atoms with Gasteiger partial charge in [-0.1, -0.05) is 84.9 Å². The van der Waals surface area contributed by atoms with Crippen molar-refractivity contribution in [2.24, 2.45) is 0 Å². The van der Waals surface area contributed by atoms with E-state index in [0.717, 1.165) is 27.7 Å². The average molecular weight is 417 g/mol. The highest BCUT2D eigenvalue weighted by Gasteiger charge is 2.22. The first kappa shape index (κ1) is 20.1. The Morgan fingerprint density at radius 3 is 2.07 bits per heavy atom. The van der Waals surface area contributed by atoms with Crippen molar-refractivity contribution >= 4 is 32.2 Å². The quantitative estimate of drug-likeness (QED) is 0.447. The SMILES string of the molecule is CS(=O)(=O)N[C@@H](CN(c1ccccc1)c1cccc2ccccc12)c1ccccc1. The van der Waals surface area contributed by atoms with Crippen LogP contribution in [-0.2, 0) is 10.0 Å². The normalized spacial score (nSPS) is 12.6. The largest absolute Gasteiger partial charge is 0.339 e. The van der Waals surface area contributed by atoms with E-state index in [0.29, 0.717) is 6.54 Å². The Morgan fingerprint density at radius 1 is 0.767 bits per heavy atom. The molecule has 0 fully saturated rings. The van der Waals surface area contributed by atoms with Crippen LogP contribution in [0.5, 0.6) is 0 Å². The smallest absolute Gasteiger partial charge is 0.209 e. The van der Waals surface area contributed by atoms with Gasteiger partial charge in [0.1, 0.15) is 0 Å². The molecule has 0 saturated heterocycles. The molecule has 0 aliphatic carbocycles. The number of rotatable bonds is 7. The number of hydrogen-bond donors (Lipinski definition) is 1. The van der Waals surface area contributed by atoms with Crippen LogP contribution in [0.25, 0.3) is 10.8 Å². The molecule has 0 heterocycles. The van der Waals surface area contributed by atoms with Crippen LogP contribution in [0.4, 0.5) is 11.4 Å². The fourth-order valence-electron chi connectivity index (χ4n) is 3.73. The van der Waals surface area contributed by atoms with Gasteiger partial charge in [0.15, 0.2) is 0 Å². The van der Waals surface area contributed by atoms with E-state index < -0.39 is 16.1 Å². The average Bonchev–Trinajstić information content (AvgIpc) is 2.77. The van der Waals surface area contributed by atoms with E-state index in [1.54, 1.807) is 0 Å². The predicted octanol–water partition coefficient (Wildman–Crippen LogP) is 5.27. The topological polar surface area (TPSA) is 49.4 Å². The van der Waals surface area contributed by atoms with E-state index in [2.05, 4.69) is 33.9 Å². The van der Waals surface area contributed by atoms with Crippen molar-refractivity contribution in [1.29, 1.82) is 0 Å². The van der Waals surface area contributed by atoms with Gasteiger partial charge in [-0.05, 0) is 29.1 Å². The van der Waals surface area contributed by atoms with E-state index in [4.69, 9.17) is 0 Å². The van der Waals surface area contributed by atoms with Gasteiger partial charge in [0.25, 0.3) is 0 Å². The Labute approximate surface area is 177 Å². The summed E-state index contributed by atoms with van der Waals surface area (Å²) in [6, 6.07) is 33.8. The molecule has 0 unspecified atom stereocenters. The molecule has 1 atom stereocenters. The van der Waals surface area contributed by atoms with Gasteiger partial charge in [-0.3, -0.25) is 0 Å². The van der Waals surface area contributed by atoms with Crippen molar-refractivity contribution in [1.82, 2.24) is 4.72 Å². The second-order valence-electron chi connectivity index (χ2n) is 7.30. The van der Waals surface area contributed by atoms with E-state index >= 15 is 0 Å². The summed E-state index contributed by atoms with van der Waals surface area (Å²) in [6.45, 7) is 0.453. The number of benzene rings is 4. The van der Waals surface area contributed by atoms with Crippen LogP contribution < -0.4 is 9.62 Å². The van der Waals surface area contributed by atoms with Crippen LogP contribution in [0.15, 0.2) is 103 Å². The number of anilines is 2. The zero-order valence-corrected chi connectivity index (χ0v) is 17.6. The maximum absolute atomic E-state index is 12.2. The van der Waals surface area contributed by atoms with Crippen molar-refractivity contribution in [2.75, 3.05) is 17.7 Å². The van der Waals surface area contributed by atoms with Crippen molar-refractivity contribution in [3.63, 3.8) is 0 Å². The van der Waals surface area contributed by atoms with Crippen molar-refractivity contribution in [3.8, 4) is 0 Å². The standard InChI is InChI=1S/C25H24N2O2S/c1-30(28,29)26-24(21-12-4-2-5-13-21)19-27(22-15-6-3-7-16-22)25-18-10-14-20-11-8-9-17-23(20)25/h2-18,24,26H,19H2,1H3/t24-/m0/s1. The molecule has 0 aliphatic rings. The van der Waals surface area contributed by atoms with E-state index in [9.17, 15) is 8.42 Å². The summed E-state index contributed by atoms with van der Waals surface area (Å²) in [7, 11) is -3.40. The Balaban J connectivity index is 1.83. The number of nitrogens with zero attached hydrogens (tertiary/aromatic N) is 1. The highest BCUT2D eigenvalue weighted by Crippen LogP contribution is 2.34. The molecule has 5 heteroatoms. The first-order valence-electron chi connectivity index (χ1n) is 9.84. The molecule has 4 nitrogen and oxygen atoms in total. The molecule has 0 aromatic heterocycles. The minimum absolute atomic E-state index is 0.402. The molecule has 0 amide bonds. The Hall–Kier alpha value is -3.15. The van der Waals surface area contributed by atoms with Gasteiger partial charge in [-0.25, -0.2) is 13.1 Å². The minimum atomic E-state index is -3.40. The molecule has 0 aliphatic heterocycles. The van der Waals surface area contributed by atoms with Crippen LogP contribution in [0.3, 0.4) is 0 Å². The first-order valence-corrected chi connectivity index (χ1v) is 11.7. The summed E-state index contributed by atoms with van der Waals surface area (Å²) < 4.78 is 27.1. The van der Waals surface area contributed by atoms with Gasteiger partial charge in [-0.2, -0.15) is 0 Å². The number of nitrogens with one attached hydrogen (secondary N) is 1. The lowest BCUT2D eigenvalue weighted by atomic mass is 10.0. The first-order chi connectivity index (χ1) is 14.5. The molecule has 1 N–H and O–H groups in total. The van der Waals surface area contributed by atoms with Gasteiger partial charge in [0.05, 0.1) is 12.3 Å². The van der Waals surface area contributed by atoms with Crippen LogP contribution in [0.2, 0.25) is 0 Å². The maximum atomic E-state index is 12.2. The molecule has 4 rings (SSSR count). The van der Waals surface area contributed by atoms with Crippen molar-refractivity contribution in [3.05, 3.63) is 109 Å². The lowest BCUT2D eigenvalue weighted by Gasteiger charge is -2.31. The monoisotopic (exact) mass is 416 g/mol. The molecule has 30 heavy (non-hydrogen) atoms. The molecule has 4 aromatic rings. The van der Waals surface area contributed by atoms with E-state index in [-0.39, 0.29) is 0 Å². The third-order valence-corrected chi connectivity index (χ3v) is 5.76. The predicted molar refractivity (Wildman–Crippen MR) is 125 cm³/mol. The van der Waals surface area contributed by atoms with Gasteiger partial charge in [0.2, 0.25) is 10.0 Å². The number of hydrogen-bond acceptors (Lipinski definition) is 3. The summed E-state index contributed by atoms with van der Waals surface area (Å²) in [5.74, 6) is 0. The van der Waals surface area contributed by atoms with Gasteiger partial charge in [0, 0.05) is 23.3 Å². The second-order valence-corrected chi connectivity index (χ2v) is 9.08. The summed E-state index contributed by atoms with van der Waals surface area (Å²) in [4.78, 5) is 2.18. The molecule has 0 bridgehead atoms. The van der Waals surface area contributed by atoms with Crippen molar-refractivity contribution in [2.45, 2.75) is 6.04 Å². The lowest BCUT2D eigenvalue weighted by molar-refractivity contribution is 0.563. The fourth-order valence-corrected chi connectivity index (χ4v) is 4.46. The van der Waals surface area contributed by atoms with E-state index in [1.807, 2.05) is 78.9 Å². The fraction of sp³-hybridized carbons (Fsp3) is 0.120. The van der Waals surface area contributed by atoms with E-state index in [1.165, 1.54) is 6.26 Å². The van der Waals surface area contributed by atoms with Gasteiger partial charge < -0.3 is 4.90 Å². The highest BCUT2D eigenvalue weighted by molar-refractivity contribution is 7.88. The summed E-state index contributed by atoms with van der Waals surface area (Å²) in [5.41, 5.74) is 2.96. The second kappa shape index (κ2) is 8.69. The molecule has 152 valence electrons. The van der Waals surface area contributed by atoms with Crippen LogP contribution in [0, 0.1) is 0 Å².